The first-order valence-electron chi connectivity index (χ1n) is 8.69. The molecule has 1 heterocycles. The summed E-state index contributed by atoms with van der Waals surface area (Å²) in [6.07, 6.45) is 0.856. The third-order valence-corrected chi connectivity index (χ3v) is 4.36. The van der Waals surface area contributed by atoms with Gasteiger partial charge in [-0.2, -0.15) is 0 Å². The first kappa shape index (κ1) is 18.8. The van der Waals surface area contributed by atoms with Crippen molar-refractivity contribution in [2.75, 3.05) is 13.7 Å². The number of carbonyl (C=O) groups excluding carboxylic acids is 2. The predicted molar refractivity (Wildman–Crippen MR) is 99.1 cm³/mol. The van der Waals surface area contributed by atoms with Crippen LogP contribution in [0, 0.1) is 6.92 Å². The molecule has 0 saturated carbocycles. The molecule has 1 atom stereocenters. The number of methoxy groups -OCH3 is 1. The van der Waals surface area contributed by atoms with E-state index in [2.05, 4.69) is 15.2 Å². The lowest BCUT2D eigenvalue weighted by Crippen LogP contribution is -2.45. The fraction of sp³-hybridized carbons (Fsp3) is 0.474. The molecule has 0 aliphatic rings. The van der Waals surface area contributed by atoms with Gasteiger partial charge in [0.15, 0.2) is 0 Å². The molecule has 2 N–H and O–H groups in total. The van der Waals surface area contributed by atoms with Gasteiger partial charge in [-0.3, -0.25) is 9.59 Å². The molecule has 0 radical (unpaired) electrons. The topological polar surface area (TPSA) is 72.4 Å². The molecule has 0 bridgehead atoms. The van der Waals surface area contributed by atoms with Crippen molar-refractivity contribution >= 4 is 22.7 Å². The molecular formula is C19H27N3O3. The van der Waals surface area contributed by atoms with Crippen LogP contribution in [0.15, 0.2) is 18.2 Å². The third-order valence-electron chi connectivity index (χ3n) is 4.36. The highest BCUT2D eigenvalue weighted by Crippen LogP contribution is 2.29. The van der Waals surface area contributed by atoms with E-state index in [9.17, 15) is 9.59 Å². The molecule has 2 rings (SSSR count). The summed E-state index contributed by atoms with van der Waals surface area (Å²) in [6, 6.07) is 5.12. The zero-order chi connectivity index (χ0) is 18.6. The van der Waals surface area contributed by atoms with Crippen molar-refractivity contribution in [2.45, 2.75) is 46.7 Å². The summed E-state index contributed by atoms with van der Waals surface area (Å²) >= 11 is 0. The third kappa shape index (κ3) is 3.78. The van der Waals surface area contributed by atoms with E-state index in [-0.39, 0.29) is 11.8 Å². The number of ether oxygens (including phenoxy) is 1. The Bertz CT molecular complexity index is 780. The Morgan fingerprint density at radius 2 is 2.00 bits per heavy atom. The molecule has 1 aromatic carbocycles. The molecule has 0 fully saturated rings. The van der Waals surface area contributed by atoms with Gasteiger partial charge in [-0.1, -0.05) is 6.92 Å². The maximum absolute atomic E-state index is 12.9. The van der Waals surface area contributed by atoms with Gasteiger partial charge in [0, 0.05) is 29.7 Å². The van der Waals surface area contributed by atoms with Gasteiger partial charge in [0.2, 0.25) is 5.91 Å². The maximum atomic E-state index is 12.9. The fourth-order valence-corrected chi connectivity index (χ4v) is 3.02. The van der Waals surface area contributed by atoms with Crippen LogP contribution in [0.25, 0.3) is 10.9 Å². The number of hydrogen-bond donors (Lipinski definition) is 2. The van der Waals surface area contributed by atoms with Gasteiger partial charge < -0.3 is 19.9 Å². The standard InChI is InChI=1S/C19H27N3O3/c1-6-10-20-18(23)12(3)21-19(24)17-13(4)22(7-2)16-9-8-14(25-5)11-15(16)17/h8-9,11-12H,6-7,10H2,1-5H3,(H,20,23)(H,21,24). The number of hydrogen-bond acceptors (Lipinski definition) is 3. The Kier molecular flexibility index (Phi) is 6.07. The second-order valence-corrected chi connectivity index (χ2v) is 6.07. The van der Waals surface area contributed by atoms with Crippen molar-refractivity contribution < 1.29 is 14.3 Å². The fourth-order valence-electron chi connectivity index (χ4n) is 3.02. The number of carbonyl (C=O) groups is 2. The van der Waals surface area contributed by atoms with Gasteiger partial charge >= 0.3 is 0 Å². The summed E-state index contributed by atoms with van der Waals surface area (Å²) in [7, 11) is 1.60. The van der Waals surface area contributed by atoms with E-state index in [0.717, 1.165) is 29.6 Å². The number of rotatable bonds is 7. The Hall–Kier alpha value is -2.50. The number of aromatic nitrogens is 1. The van der Waals surface area contributed by atoms with E-state index in [0.29, 0.717) is 17.9 Å². The second-order valence-electron chi connectivity index (χ2n) is 6.07. The minimum Gasteiger partial charge on any atom is -0.497 e. The molecule has 25 heavy (non-hydrogen) atoms. The normalized spacial score (nSPS) is 12.0. The Morgan fingerprint density at radius 3 is 2.60 bits per heavy atom. The van der Waals surface area contributed by atoms with Crippen molar-refractivity contribution in [3.63, 3.8) is 0 Å². The summed E-state index contributed by atoms with van der Waals surface area (Å²) in [4.78, 5) is 24.9. The van der Waals surface area contributed by atoms with E-state index in [4.69, 9.17) is 4.74 Å². The minimum absolute atomic E-state index is 0.176. The van der Waals surface area contributed by atoms with Crippen LogP contribution in [-0.4, -0.2) is 36.1 Å². The molecule has 0 spiro atoms. The average molecular weight is 345 g/mol. The van der Waals surface area contributed by atoms with Crippen molar-refractivity contribution in [1.29, 1.82) is 0 Å². The average Bonchev–Trinajstić information content (AvgIpc) is 2.89. The van der Waals surface area contributed by atoms with Gasteiger partial charge in [-0.15, -0.1) is 0 Å². The molecule has 6 nitrogen and oxygen atoms in total. The lowest BCUT2D eigenvalue weighted by molar-refractivity contribution is -0.122. The lowest BCUT2D eigenvalue weighted by Gasteiger charge is -2.14. The highest BCUT2D eigenvalue weighted by Gasteiger charge is 2.23. The Labute approximate surface area is 148 Å². The zero-order valence-electron chi connectivity index (χ0n) is 15.6. The molecule has 2 aromatic rings. The number of aryl methyl sites for hydroxylation is 1. The van der Waals surface area contributed by atoms with Crippen molar-refractivity contribution in [3.8, 4) is 5.75 Å². The van der Waals surface area contributed by atoms with E-state index in [1.807, 2.05) is 39.0 Å². The van der Waals surface area contributed by atoms with Crippen LogP contribution in [0.4, 0.5) is 0 Å². The minimum atomic E-state index is -0.593. The summed E-state index contributed by atoms with van der Waals surface area (Å²) in [5.41, 5.74) is 2.45. The van der Waals surface area contributed by atoms with Gasteiger partial charge in [-0.05, 0) is 45.4 Å². The lowest BCUT2D eigenvalue weighted by atomic mass is 10.1. The molecule has 0 aliphatic carbocycles. The SMILES string of the molecule is CCCNC(=O)C(C)NC(=O)c1c(C)n(CC)c2ccc(OC)cc12. The van der Waals surface area contributed by atoms with Crippen LogP contribution in [0.1, 0.15) is 43.2 Å². The van der Waals surface area contributed by atoms with Crippen LogP contribution in [-0.2, 0) is 11.3 Å². The number of amides is 2. The molecule has 2 amide bonds. The largest absolute Gasteiger partial charge is 0.497 e. The molecule has 1 unspecified atom stereocenters. The van der Waals surface area contributed by atoms with Crippen LogP contribution >= 0.6 is 0 Å². The first-order chi connectivity index (χ1) is 11.9. The Morgan fingerprint density at radius 1 is 1.28 bits per heavy atom. The Balaban J connectivity index is 2.37. The first-order valence-corrected chi connectivity index (χ1v) is 8.69. The zero-order valence-corrected chi connectivity index (χ0v) is 15.6. The van der Waals surface area contributed by atoms with Crippen LogP contribution in [0.2, 0.25) is 0 Å². The summed E-state index contributed by atoms with van der Waals surface area (Å²) < 4.78 is 7.39. The van der Waals surface area contributed by atoms with Crippen molar-refractivity contribution in [2.24, 2.45) is 0 Å². The molecule has 0 aliphatic heterocycles. The van der Waals surface area contributed by atoms with Gasteiger partial charge in [0.05, 0.1) is 12.7 Å². The maximum Gasteiger partial charge on any atom is 0.254 e. The summed E-state index contributed by atoms with van der Waals surface area (Å²) in [6.45, 7) is 9.00. The van der Waals surface area contributed by atoms with Crippen LogP contribution < -0.4 is 15.4 Å². The molecular weight excluding hydrogens is 318 g/mol. The van der Waals surface area contributed by atoms with E-state index in [1.165, 1.54) is 0 Å². The summed E-state index contributed by atoms with van der Waals surface area (Å²) in [5.74, 6) is 0.273. The molecule has 1 aromatic heterocycles. The number of benzene rings is 1. The van der Waals surface area contributed by atoms with E-state index < -0.39 is 6.04 Å². The van der Waals surface area contributed by atoms with Crippen molar-refractivity contribution in [3.05, 3.63) is 29.5 Å². The van der Waals surface area contributed by atoms with Gasteiger partial charge in [0.25, 0.3) is 5.91 Å². The van der Waals surface area contributed by atoms with E-state index >= 15 is 0 Å². The number of nitrogens with one attached hydrogen (secondary N) is 2. The number of fused-ring (bicyclic) bond motifs is 1. The second kappa shape index (κ2) is 8.05. The number of nitrogens with zero attached hydrogens (tertiary/aromatic N) is 1. The van der Waals surface area contributed by atoms with Gasteiger partial charge in [-0.25, -0.2) is 0 Å². The molecule has 136 valence electrons. The quantitative estimate of drug-likeness (QED) is 0.810. The van der Waals surface area contributed by atoms with E-state index in [1.54, 1.807) is 14.0 Å². The highest BCUT2D eigenvalue weighted by molar-refractivity contribution is 6.09. The van der Waals surface area contributed by atoms with Gasteiger partial charge in [0.1, 0.15) is 11.8 Å². The highest BCUT2D eigenvalue weighted by atomic mass is 16.5. The smallest absolute Gasteiger partial charge is 0.254 e. The molecule has 6 heteroatoms. The van der Waals surface area contributed by atoms with Crippen LogP contribution in [0.5, 0.6) is 5.75 Å². The summed E-state index contributed by atoms with van der Waals surface area (Å²) in [5, 5.41) is 6.43. The van der Waals surface area contributed by atoms with Crippen molar-refractivity contribution in [1.82, 2.24) is 15.2 Å². The predicted octanol–water partition coefficient (Wildman–Crippen LogP) is 2.62. The van der Waals surface area contributed by atoms with Crippen LogP contribution in [0.3, 0.4) is 0 Å². The monoisotopic (exact) mass is 345 g/mol. The molecule has 0 saturated heterocycles.